The van der Waals surface area contributed by atoms with Crippen LogP contribution in [0.15, 0.2) is 58.5 Å². The summed E-state index contributed by atoms with van der Waals surface area (Å²) in [6.07, 6.45) is 1.50. The van der Waals surface area contributed by atoms with Crippen LogP contribution in [0, 0.1) is 0 Å². The van der Waals surface area contributed by atoms with Crippen molar-refractivity contribution in [2.45, 2.75) is 17.1 Å². The van der Waals surface area contributed by atoms with Gasteiger partial charge in [0.15, 0.2) is 0 Å². The average molecular weight is 353 g/mol. The quantitative estimate of drug-likeness (QED) is 0.484. The minimum Gasteiger partial charge on any atom is -0.272 e. The van der Waals surface area contributed by atoms with E-state index in [2.05, 4.69) is 10.5 Å². The van der Waals surface area contributed by atoms with Gasteiger partial charge in [-0.2, -0.15) is 5.10 Å². The number of hydrazone groups is 1. The molecule has 0 spiro atoms. The predicted molar refractivity (Wildman–Crippen MR) is 94.0 cm³/mol. The average Bonchev–Trinajstić information content (AvgIpc) is 2.50. The fourth-order valence-electron chi connectivity index (χ4n) is 1.62. The summed E-state index contributed by atoms with van der Waals surface area (Å²) >= 11 is 13.3. The molecule has 0 aromatic heterocycles. The van der Waals surface area contributed by atoms with Crippen LogP contribution in [-0.4, -0.2) is 17.4 Å². The summed E-state index contributed by atoms with van der Waals surface area (Å²) in [5.41, 5.74) is 3.20. The molecule has 0 fully saturated rings. The second-order valence-electron chi connectivity index (χ2n) is 4.47. The molecule has 22 heavy (non-hydrogen) atoms. The van der Waals surface area contributed by atoms with E-state index >= 15 is 0 Å². The number of halogens is 2. The zero-order valence-electron chi connectivity index (χ0n) is 11.8. The van der Waals surface area contributed by atoms with Gasteiger partial charge in [-0.1, -0.05) is 47.5 Å². The van der Waals surface area contributed by atoms with Gasteiger partial charge in [0.1, 0.15) is 0 Å². The zero-order chi connectivity index (χ0) is 15.9. The summed E-state index contributed by atoms with van der Waals surface area (Å²) in [5.74, 6) is -0.171. The van der Waals surface area contributed by atoms with Crippen molar-refractivity contribution in [3.63, 3.8) is 0 Å². The van der Waals surface area contributed by atoms with Crippen LogP contribution in [0.5, 0.6) is 0 Å². The number of hydrogen-bond acceptors (Lipinski definition) is 3. The van der Waals surface area contributed by atoms with E-state index in [4.69, 9.17) is 23.2 Å². The predicted octanol–water partition coefficient (Wildman–Crippen LogP) is 4.62. The van der Waals surface area contributed by atoms with Crippen molar-refractivity contribution >= 4 is 47.1 Å². The van der Waals surface area contributed by atoms with Crippen LogP contribution in [0.3, 0.4) is 0 Å². The summed E-state index contributed by atoms with van der Waals surface area (Å²) in [7, 11) is 0. The Hall–Kier alpha value is -1.49. The van der Waals surface area contributed by atoms with Crippen LogP contribution in [0.25, 0.3) is 0 Å². The molecule has 2 rings (SSSR count). The van der Waals surface area contributed by atoms with Gasteiger partial charge in [0.2, 0.25) is 0 Å². The standard InChI is InChI=1S/C16H14Cl2N2OS/c1-11(22-14-5-3-2-4-6-14)16(21)20-19-10-12-7-8-13(17)9-15(12)18/h2-11H,1H3,(H,20,21)/b19-10-/t11-/m0/s1. The van der Waals surface area contributed by atoms with Crippen LogP contribution in [-0.2, 0) is 4.79 Å². The van der Waals surface area contributed by atoms with E-state index in [1.807, 2.05) is 37.3 Å². The number of amides is 1. The number of carbonyl (C=O) groups excluding carboxylic acids is 1. The lowest BCUT2D eigenvalue weighted by molar-refractivity contribution is -0.120. The van der Waals surface area contributed by atoms with Gasteiger partial charge in [-0.05, 0) is 31.2 Å². The summed E-state index contributed by atoms with van der Waals surface area (Å²) in [6, 6.07) is 14.8. The third-order valence-corrected chi connectivity index (χ3v) is 4.44. The zero-order valence-corrected chi connectivity index (χ0v) is 14.1. The van der Waals surface area contributed by atoms with Gasteiger partial charge >= 0.3 is 0 Å². The number of nitrogens with one attached hydrogen (secondary N) is 1. The van der Waals surface area contributed by atoms with E-state index in [9.17, 15) is 4.79 Å². The summed E-state index contributed by atoms with van der Waals surface area (Å²) in [4.78, 5) is 13.0. The SMILES string of the molecule is C[C@H](Sc1ccccc1)C(=O)N/N=C\c1ccc(Cl)cc1Cl. The molecule has 0 saturated heterocycles. The van der Waals surface area contributed by atoms with Crippen molar-refractivity contribution < 1.29 is 4.79 Å². The van der Waals surface area contributed by atoms with Gasteiger partial charge in [-0.25, -0.2) is 5.43 Å². The van der Waals surface area contributed by atoms with Crippen molar-refractivity contribution in [2.75, 3.05) is 0 Å². The first-order valence-corrected chi connectivity index (χ1v) is 8.19. The van der Waals surface area contributed by atoms with E-state index in [-0.39, 0.29) is 11.2 Å². The van der Waals surface area contributed by atoms with E-state index in [0.717, 1.165) is 4.90 Å². The first-order valence-electron chi connectivity index (χ1n) is 6.56. The summed E-state index contributed by atoms with van der Waals surface area (Å²) in [6.45, 7) is 1.83. The molecule has 1 amide bonds. The van der Waals surface area contributed by atoms with Crippen LogP contribution >= 0.6 is 35.0 Å². The van der Waals surface area contributed by atoms with Gasteiger partial charge < -0.3 is 0 Å². The number of hydrogen-bond donors (Lipinski definition) is 1. The molecular weight excluding hydrogens is 339 g/mol. The highest BCUT2D eigenvalue weighted by molar-refractivity contribution is 8.00. The highest BCUT2D eigenvalue weighted by Gasteiger charge is 2.13. The van der Waals surface area contributed by atoms with Crippen LogP contribution in [0.4, 0.5) is 0 Å². The molecule has 0 unspecified atom stereocenters. The molecule has 3 nitrogen and oxygen atoms in total. The van der Waals surface area contributed by atoms with Gasteiger partial charge in [0.05, 0.1) is 16.5 Å². The maximum absolute atomic E-state index is 12.0. The molecule has 0 aliphatic heterocycles. The number of thioether (sulfide) groups is 1. The van der Waals surface area contributed by atoms with Crippen LogP contribution < -0.4 is 5.43 Å². The van der Waals surface area contributed by atoms with Gasteiger partial charge in [-0.3, -0.25) is 4.79 Å². The molecule has 0 radical (unpaired) electrons. The van der Waals surface area contributed by atoms with Crippen molar-refractivity contribution in [1.82, 2.24) is 5.43 Å². The Bertz CT molecular complexity index is 677. The number of benzene rings is 2. The Morgan fingerprint density at radius 2 is 1.95 bits per heavy atom. The molecular formula is C16H14Cl2N2OS. The monoisotopic (exact) mass is 352 g/mol. The maximum Gasteiger partial charge on any atom is 0.253 e. The number of rotatable bonds is 5. The van der Waals surface area contributed by atoms with Crippen molar-refractivity contribution in [1.29, 1.82) is 0 Å². The lowest BCUT2D eigenvalue weighted by Crippen LogP contribution is -2.26. The molecule has 114 valence electrons. The first-order chi connectivity index (χ1) is 10.6. The smallest absolute Gasteiger partial charge is 0.253 e. The normalized spacial score (nSPS) is 12.3. The van der Waals surface area contributed by atoms with Gasteiger partial charge in [0.25, 0.3) is 5.91 Å². The topological polar surface area (TPSA) is 41.5 Å². The Morgan fingerprint density at radius 3 is 2.64 bits per heavy atom. The molecule has 6 heteroatoms. The van der Waals surface area contributed by atoms with Crippen LogP contribution in [0.1, 0.15) is 12.5 Å². The fraction of sp³-hybridized carbons (Fsp3) is 0.125. The highest BCUT2D eigenvalue weighted by atomic mass is 35.5. The maximum atomic E-state index is 12.0. The third-order valence-electron chi connectivity index (χ3n) is 2.77. The van der Waals surface area contributed by atoms with E-state index in [1.54, 1.807) is 18.2 Å². The Labute approximate surface area is 143 Å². The molecule has 1 atom stereocenters. The van der Waals surface area contributed by atoms with Gasteiger partial charge in [0, 0.05) is 15.5 Å². The largest absolute Gasteiger partial charge is 0.272 e. The number of nitrogens with zero attached hydrogens (tertiary/aromatic N) is 1. The Morgan fingerprint density at radius 1 is 1.23 bits per heavy atom. The molecule has 2 aromatic rings. The molecule has 0 saturated carbocycles. The molecule has 1 N–H and O–H groups in total. The van der Waals surface area contributed by atoms with Gasteiger partial charge in [-0.15, -0.1) is 11.8 Å². The molecule has 0 bridgehead atoms. The third kappa shape index (κ3) is 5.05. The summed E-state index contributed by atoms with van der Waals surface area (Å²) < 4.78 is 0. The van der Waals surface area contributed by atoms with Crippen LogP contribution in [0.2, 0.25) is 10.0 Å². The molecule has 0 heterocycles. The molecule has 0 aliphatic rings. The van der Waals surface area contributed by atoms with E-state index in [0.29, 0.717) is 15.6 Å². The van der Waals surface area contributed by atoms with Crippen molar-refractivity contribution in [2.24, 2.45) is 5.10 Å². The Balaban J connectivity index is 1.90. The van der Waals surface area contributed by atoms with Crippen molar-refractivity contribution in [3.8, 4) is 0 Å². The highest BCUT2D eigenvalue weighted by Crippen LogP contribution is 2.22. The minimum atomic E-state index is -0.250. The van der Waals surface area contributed by atoms with E-state index < -0.39 is 0 Å². The molecule has 2 aromatic carbocycles. The summed E-state index contributed by atoms with van der Waals surface area (Å²) in [5, 5.41) is 4.72. The molecule has 0 aliphatic carbocycles. The Kier molecular flexibility index (Phi) is 6.31. The number of carbonyl (C=O) groups is 1. The lowest BCUT2D eigenvalue weighted by Gasteiger charge is -2.09. The second kappa shape index (κ2) is 8.22. The first kappa shape index (κ1) is 16.9. The van der Waals surface area contributed by atoms with Crippen molar-refractivity contribution in [3.05, 3.63) is 64.1 Å². The van der Waals surface area contributed by atoms with E-state index in [1.165, 1.54) is 18.0 Å². The second-order valence-corrected chi connectivity index (χ2v) is 6.73. The lowest BCUT2D eigenvalue weighted by atomic mass is 10.2. The fourth-order valence-corrected chi connectivity index (χ4v) is 2.96. The minimum absolute atomic E-state index is 0.171.